The molecule has 28 aromatic rings. The Morgan fingerprint density at radius 3 is 0.567 bits per heavy atom. The maximum atomic E-state index is 5.45. The molecule has 0 aliphatic carbocycles. The molecule has 150 heavy (non-hydrogen) atoms. The molecule has 0 spiro atoms. The zero-order valence-corrected chi connectivity index (χ0v) is 81.9. The predicted molar refractivity (Wildman–Crippen MR) is 627 cm³/mol. The number of nitrogens with zero attached hydrogens (tertiary/aromatic N) is 9. The summed E-state index contributed by atoms with van der Waals surface area (Å²) in [6.45, 7) is 0. The number of aromatic nitrogens is 7. The van der Waals surface area contributed by atoms with E-state index in [0.717, 1.165) is 179 Å². The Morgan fingerprint density at radius 2 is 0.320 bits per heavy atom. The first-order valence-corrected chi connectivity index (χ1v) is 51.1. The van der Waals surface area contributed by atoms with Crippen molar-refractivity contribution in [3.05, 3.63) is 576 Å². The summed E-state index contributed by atoms with van der Waals surface area (Å²) in [5.41, 5.74) is 39.8. The summed E-state index contributed by atoms with van der Waals surface area (Å²) in [6, 6.07) is 207. The molecular weight excluding hydrogens is 1820 g/mol. The molecule has 9 nitrogen and oxygen atoms in total. The molecule has 0 atom stereocenters. The lowest BCUT2D eigenvalue weighted by Gasteiger charge is -2.25. The second-order valence-corrected chi connectivity index (χ2v) is 38.2. The summed E-state index contributed by atoms with van der Waals surface area (Å²) in [5.74, 6) is 1.50. The second kappa shape index (κ2) is 38.5. The fourth-order valence-electron chi connectivity index (χ4n) is 22.0. The van der Waals surface area contributed by atoms with E-state index >= 15 is 0 Å². The predicted octanol–water partition coefficient (Wildman–Crippen LogP) is 37.6. The van der Waals surface area contributed by atoms with Crippen LogP contribution in [0.1, 0.15) is 0 Å². The van der Waals surface area contributed by atoms with Crippen LogP contribution in [0, 0.1) is 0 Å². The Labute approximate surface area is 869 Å². The highest BCUT2D eigenvalue weighted by Crippen LogP contribution is 2.48. The minimum Gasteiger partial charge on any atom is -0.311 e. The van der Waals surface area contributed by atoms with Crippen LogP contribution in [0.4, 0.5) is 34.1 Å². The van der Waals surface area contributed by atoms with Crippen molar-refractivity contribution in [1.82, 2.24) is 33.2 Å². The van der Waals surface area contributed by atoms with Gasteiger partial charge in [-0.25, -0.2) is 15.0 Å². The van der Waals surface area contributed by atoms with Crippen LogP contribution in [0.25, 0.3) is 222 Å². The fraction of sp³-hybridized carbons (Fsp3) is 0. The van der Waals surface area contributed by atoms with Crippen molar-refractivity contribution in [2.75, 3.05) is 9.80 Å². The highest BCUT2D eigenvalue weighted by molar-refractivity contribution is 6.17. The van der Waals surface area contributed by atoms with Gasteiger partial charge in [-0.05, 0) is 290 Å². The monoisotopic (exact) mass is 1910 g/mol. The summed E-state index contributed by atoms with van der Waals surface area (Å²) in [5, 5.41) is 9.39. The number of hydrogen-bond donors (Lipinski definition) is 0. The van der Waals surface area contributed by atoms with Crippen LogP contribution in [0.5, 0.6) is 0 Å². The van der Waals surface area contributed by atoms with Crippen LogP contribution >= 0.6 is 0 Å². The third kappa shape index (κ3) is 16.6. The summed E-state index contributed by atoms with van der Waals surface area (Å²) in [7, 11) is 0. The van der Waals surface area contributed by atoms with Crippen LogP contribution in [-0.4, -0.2) is 33.2 Å². The van der Waals surface area contributed by atoms with E-state index in [-0.39, 0.29) is 0 Å². The number of anilines is 6. The lowest BCUT2D eigenvalue weighted by atomic mass is 9.98. The van der Waals surface area contributed by atoms with Gasteiger partial charge in [-0.2, -0.15) is 0 Å². The first kappa shape index (κ1) is 88.8. The molecule has 9 heteroatoms. The Bertz CT molecular complexity index is 9100. The highest BCUT2D eigenvalue weighted by Gasteiger charge is 2.26. The molecule has 22 aromatic carbocycles. The average molecular weight is 1920 g/mol. The van der Waals surface area contributed by atoms with Gasteiger partial charge in [-0.1, -0.05) is 364 Å². The standard InChI is InChI=1S/C71H48N4.C70H47N5/c1-7-19-49(20-8-1)53-31-39-67-62(43-53)63-45-55(33-40-68(63)74(67)61-37-35-60(36-38-61)73(58-27-15-5-16-28-58)59-29-17-6-18-30-59)56-34-42-70-65(46-56)64-44-54(50-21-9-2-10-22-50)32-41-69(64)75(70)71-48-57(51-23-11-3-12-24-51)47-66(72-71)52-25-13-4-14-26-52;1-7-19-48(20-8-1)52-31-39-66-60(43-52)61-45-54(33-40-67(61)74(66)59-37-35-58(36-38-59)73(56-27-15-5-16-28-56)57-29-17-6-18-30-57)55-34-42-69-63(46-55)62-44-53(49-21-9-2-10-22-49)32-41-68(62)75(69)70-71-64(50-23-11-3-12-24-50)47-65(72-70)51-25-13-4-14-26-51/h1-48H;1-47H. The zero-order valence-electron chi connectivity index (χ0n) is 81.9. The molecule has 6 aromatic heterocycles. The van der Waals surface area contributed by atoms with E-state index in [0.29, 0.717) is 5.95 Å². The van der Waals surface area contributed by atoms with Gasteiger partial charge in [0.15, 0.2) is 0 Å². The molecule has 0 N–H and O–H groups in total. The smallest absolute Gasteiger partial charge is 0.235 e. The van der Waals surface area contributed by atoms with Gasteiger partial charge in [0.1, 0.15) is 5.82 Å². The van der Waals surface area contributed by atoms with Gasteiger partial charge in [0.2, 0.25) is 5.95 Å². The van der Waals surface area contributed by atoms with Crippen molar-refractivity contribution in [3.63, 3.8) is 0 Å². The van der Waals surface area contributed by atoms with E-state index in [9.17, 15) is 0 Å². The molecule has 0 saturated heterocycles. The first-order chi connectivity index (χ1) is 74.4. The maximum Gasteiger partial charge on any atom is 0.235 e. The number of rotatable bonds is 20. The summed E-state index contributed by atoms with van der Waals surface area (Å²) in [4.78, 5) is 20.8. The second-order valence-electron chi connectivity index (χ2n) is 38.2. The number of fused-ring (bicyclic) bond motifs is 12. The quantitative estimate of drug-likeness (QED) is 0.0761. The Morgan fingerprint density at radius 1 is 0.127 bits per heavy atom. The molecule has 704 valence electrons. The topological polar surface area (TPSA) is 64.9 Å². The van der Waals surface area contributed by atoms with Crippen molar-refractivity contribution in [2.45, 2.75) is 0 Å². The van der Waals surface area contributed by atoms with E-state index in [1.165, 1.54) is 71.3 Å². The van der Waals surface area contributed by atoms with Gasteiger partial charge in [0.05, 0.1) is 61.2 Å². The number of benzene rings is 22. The molecular formula is C141H95N9. The summed E-state index contributed by atoms with van der Waals surface area (Å²) < 4.78 is 9.44. The largest absolute Gasteiger partial charge is 0.311 e. The van der Waals surface area contributed by atoms with Gasteiger partial charge in [-0.3, -0.25) is 9.13 Å². The summed E-state index contributed by atoms with van der Waals surface area (Å²) >= 11 is 0. The van der Waals surface area contributed by atoms with E-state index < -0.39 is 0 Å². The normalized spacial score (nSPS) is 11.5. The lowest BCUT2D eigenvalue weighted by molar-refractivity contribution is 0.995. The van der Waals surface area contributed by atoms with Crippen LogP contribution in [0.3, 0.4) is 0 Å². The molecule has 0 unspecified atom stereocenters. The van der Waals surface area contributed by atoms with Crippen LogP contribution < -0.4 is 9.80 Å². The van der Waals surface area contributed by atoms with E-state index in [1.54, 1.807) is 0 Å². The maximum absolute atomic E-state index is 5.45. The van der Waals surface area contributed by atoms with E-state index in [1.807, 2.05) is 12.1 Å². The molecule has 0 saturated carbocycles. The highest BCUT2D eigenvalue weighted by atomic mass is 15.2. The molecule has 0 aliphatic heterocycles. The molecule has 6 heterocycles. The molecule has 0 aliphatic rings. The van der Waals surface area contributed by atoms with Gasteiger partial charge in [-0.15, -0.1) is 0 Å². The van der Waals surface area contributed by atoms with Gasteiger partial charge in [0, 0.05) is 105 Å². The molecule has 0 fully saturated rings. The third-order valence-corrected chi connectivity index (χ3v) is 29.2. The van der Waals surface area contributed by atoms with E-state index in [4.69, 9.17) is 15.0 Å². The zero-order chi connectivity index (χ0) is 99.3. The molecule has 28 rings (SSSR count). The first-order valence-electron chi connectivity index (χ1n) is 51.1. The molecule has 0 bridgehead atoms. The number of hydrogen-bond acceptors (Lipinski definition) is 5. The number of pyridine rings is 1. The van der Waals surface area contributed by atoms with Gasteiger partial charge >= 0.3 is 0 Å². The SMILES string of the molecule is c1ccc(-c2cc(-c3ccccc3)nc(-n3c4ccc(-c5ccccc5)cc4c4cc(-c5ccc6c(c5)c5cc(-c7ccccc7)ccc5n6-c5ccc(N(c6ccccc6)c6ccccc6)cc5)ccc43)c2)cc1.c1ccc(-c2ccc3c(c2)c2cc(-c4ccc5c(c4)c4cc(-c6ccccc6)ccc4n5-c4nc(-c5ccccc5)cc(-c5ccccc5)n4)ccc2n3-c2ccc(N(c3ccccc3)c3ccccc3)cc2)cc1. The summed E-state index contributed by atoms with van der Waals surface area (Å²) in [6.07, 6.45) is 0. The van der Waals surface area contributed by atoms with Crippen molar-refractivity contribution in [2.24, 2.45) is 0 Å². The third-order valence-electron chi connectivity index (χ3n) is 29.2. The minimum atomic E-state index is 0.625. The van der Waals surface area contributed by atoms with Gasteiger partial charge in [0.25, 0.3) is 0 Å². The average Bonchev–Trinajstić information content (AvgIpc) is 1.58. The van der Waals surface area contributed by atoms with E-state index in [2.05, 4.69) is 592 Å². The van der Waals surface area contributed by atoms with Crippen molar-refractivity contribution in [1.29, 1.82) is 0 Å². The van der Waals surface area contributed by atoms with Crippen LogP contribution in [-0.2, 0) is 0 Å². The minimum absolute atomic E-state index is 0.625. The van der Waals surface area contributed by atoms with Crippen molar-refractivity contribution < 1.29 is 0 Å². The van der Waals surface area contributed by atoms with Crippen LogP contribution in [0.15, 0.2) is 576 Å². The molecule has 0 amide bonds. The van der Waals surface area contributed by atoms with Crippen LogP contribution in [0.2, 0.25) is 0 Å². The van der Waals surface area contributed by atoms with Gasteiger partial charge < -0.3 is 18.9 Å². The Kier molecular flexibility index (Phi) is 22.8. The number of para-hydroxylation sites is 4. The fourth-order valence-corrected chi connectivity index (χ4v) is 22.0. The van der Waals surface area contributed by atoms with Crippen molar-refractivity contribution in [3.8, 4) is 135 Å². The molecule has 0 radical (unpaired) electrons. The Balaban J connectivity index is 0.000000148. The van der Waals surface area contributed by atoms with Crippen molar-refractivity contribution >= 4 is 121 Å². The lowest BCUT2D eigenvalue weighted by Crippen LogP contribution is -2.09. The Hall–Kier alpha value is -20.1.